The fraction of sp³-hybridized carbons (Fsp3) is 0.342. The average molecular weight is 737 g/mol. The van der Waals surface area contributed by atoms with Gasteiger partial charge in [-0.2, -0.15) is 4.73 Å². The van der Waals surface area contributed by atoms with Gasteiger partial charge in [-0.05, 0) is 97.4 Å². The summed E-state index contributed by atoms with van der Waals surface area (Å²) in [6.07, 6.45) is 4.27. The van der Waals surface area contributed by atoms with E-state index in [1.54, 1.807) is 55.6 Å². The van der Waals surface area contributed by atoms with E-state index in [0.29, 0.717) is 62.4 Å². The molecule has 13 heteroatoms. The Kier molecular flexibility index (Phi) is 11.1. The van der Waals surface area contributed by atoms with Crippen LogP contribution in [0.2, 0.25) is 10.0 Å². The number of fused-ring (bicyclic) bond motifs is 3. The summed E-state index contributed by atoms with van der Waals surface area (Å²) >= 11 is 13.1. The molecule has 4 heterocycles. The highest BCUT2D eigenvalue weighted by atomic mass is 35.5. The van der Waals surface area contributed by atoms with Crippen molar-refractivity contribution in [2.75, 3.05) is 46.3 Å². The molecule has 3 fully saturated rings. The Morgan fingerprint density at radius 1 is 0.941 bits per heavy atom. The molecule has 0 radical (unpaired) electrons. The van der Waals surface area contributed by atoms with Crippen molar-refractivity contribution < 1.29 is 38.4 Å². The van der Waals surface area contributed by atoms with E-state index in [0.717, 1.165) is 25.9 Å². The fourth-order valence-corrected chi connectivity index (χ4v) is 7.67. The van der Waals surface area contributed by atoms with E-state index in [2.05, 4.69) is 10.2 Å². The number of esters is 1. The molecule has 1 aromatic heterocycles. The predicted octanol–water partition coefficient (Wildman–Crippen LogP) is 6.52. The number of aromatic carboxylic acids is 1. The Morgan fingerprint density at radius 2 is 1.67 bits per heavy atom. The van der Waals surface area contributed by atoms with Crippen LogP contribution in [0, 0.1) is 11.1 Å². The number of hydrogen-bond acceptors (Lipinski definition) is 9. The van der Waals surface area contributed by atoms with Gasteiger partial charge >= 0.3 is 11.9 Å². The van der Waals surface area contributed by atoms with Gasteiger partial charge in [-0.1, -0.05) is 41.4 Å². The van der Waals surface area contributed by atoms with Crippen molar-refractivity contribution in [3.8, 4) is 17.2 Å². The molecule has 268 valence electrons. The van der Waals surface area contributed by atoms with Gasteiger partial charge in [-0.3, -0.25) is 4.90 Å². The zero-order chi connectivity index (χ0) is 36.2. The number of pyridine rings is 1. The molecule has 51 heavy (non-hydrogen) atoms. The molecule has 3 saturated heterocycles. The van der Waals surface area contributed by atoms with Crippen LogP contribution in [0.15, 0.2) is 73.1 Å². The predicted molar refractivity (Wildman–Crippen MR) is 192 cm³/mol. The number of carbonyl (C=O) groups is 2. The first-order valence-electron chi connectivity index (χ1n) is 16.6. The summed E-state index contributed by atoms with van der Waals surface area (Å²) in [6.45, 7) is 2.71. The van der Waals surface area contributed by atoms with Gasteiger partial charge < -0.3 is 34.6 Å². The quantitative estimate of drug-likeness (QED) is 0.0889. The molecule has 7 rings (SSSR count). The minimum atomic E-state index is -1.16. The maximum Gasteiger partial charge on any atom is 0.335 e. The number of carboxylic acids is 1. The number of anilines is 1. The van der Waals surface area contributed by atoms with Gasteiger partial charge in [0.15, 0.2) is 29.9 Å². The van der Waals surface area contributed by atoms with Gasteiger partial charge in [0.25, 0.3) is 0 Å². The minimum absolute atomic E-state index is 0.0233. The molecule has 11 nitrogen and oxygen atoms in total. The van der Waals surface area contributed by atoms with E-state index in [1.165, 1.54) is 32.7 Å². The third kappa shape index (κ3) is 7.96. The second-order valence-electron chi connectivity index (χ2n) is 12.7. The van der Waals surface area contributed by atoms with Crippen molar-refractivity contribution in [3.63, 3.8) is 0 Å². The number of carbonyl (C=O) groups excluding carboxylic acids is 1. The number of carboxylic acid groups (broad SMARTS) is 1. The molecule has 0 spiro atoms. The zero-order valence-electron chi connectivity index (χ0n) is 28.4. The van der Waals surface area contributed by atoms with Crippen LogP contribution in [-0.4, -0.2) is 69.0 Å². The van der Waals surface area contributed by atoms with Crippen molar-refractivity contribution >= 4 is 40.8 Å². The van der Waals surface area contributed by atoms with E-state index < -0.39 is 23.9 Å². The molecule has 2 unspecified atom stereocenters. The topological polar surface area (TPSA) is 134 Å². The summed E-state index contributed by atoms with van der Waals surface area (Å²) in [5.41, 5.74) is 2.65. The summed E-state index contributed by atoms with van der Waals surface area (Å²) in [6, 6.07) is 16.4. The molecule has 3 atom stereocenters. The lowest BCUT2D eigenvalue weighted by molar-refractivity contribution is -0.605. The van der Waals surface area contributed by atoms with E-state index in [4.69, 9.17) is 42.1 Å². The van der Waals surface area contributed by atoms with Crippen molar-refractivity contribution in [1.82, 2.24) is 4.90 Å². The normalized spacial score (nSPS) is 19.1. The SMILES string of the molecule is COc1cccc(C(Nc2ccc(C(=O)O)c(C(Cc3c(Cl)c[n+]([O-])cc3Cl)c3ccc(OC)c(OC)c3)c2)C(=O)O[C@H]2CN3CCC2CC3)c1. The van der Waals surface area contributed by atoms with Crippen LogP contribution < -0.4 is 24.3 Å². The molecule has 3 aromatic carbocycles. The van der Waals surface area contributed by atoms with E-state index >= 15 is 0 Å². The Labute approximate surface area is 306 Å². The van der Waals surface area contributed by atoms with Crippen LogP contribution in [0.3, 0.4) is 0 Å². The molecule has 0 amide bonds. The largest absolute Gasteiger partial charge is 0.619 e. The first-order valence-corrected chi connectivity index (χ1v) is 17.3. The van der Waals surface area contributed by atoms with Crippen molar-refractivity contribution in [2.45, 2.75) is 37.3 Å². The van der Waals surface area contributed by atoms with Crippen molar-refractivity contribution in [1.29, 1.82) is 0 Å². The van der Waals surface area contributed by atoms with E-state index in [9.17, 15) is 19.9 Å². The number of hydrogen-bond donors (Lipinski definition) is 2. The summed E-state index contributed by atoms with van der Waals surface area (Å²) in [5, 5.41) is 26.1. The number of methoxy groups -OCH3 is 3. The number of rotatable bonds is 13. The highest BCUT2D eigenvalue weighted by molar-refractivity contribution is 6.35. The molecule has 4 aromatic rings. The standard InChI is InChI=1S/C38H39Cl2N3O8/c1-48-26-6-4-5-24(15-26)36(38(46)51-35-21-42-13-11-22(35)12-14-42)41-25-8-9-27(37(44)45)29(17-25)28(18-30-31(39)19-43(47)20-32(30)40)23-7-10-33(49-2)34(16-23)50-3/h4-10,15-17,19-20,22,28,35-36,41H,11-14,18,21H2,1-3H3,(H,44,45)/t28?,35-,36?/m0/s1. The Balaban J connectivity index is 1.43. The van der Waals surface area contributed by atoms with Gasteiger partial charge in [-0.15, -0.1) is 0 Å². The van der Waals surface area contributed by atoms with Gasteiger partial charge in [0.1, 0.15) is 21.9 Å². The number of benzene rings is 3. The first kappa shape index (κ1) is 36.1. The maximum absolute atomic E-state index is 14.1. The Bertz CT molecular complexity index is 1890. The zero-order valence-corrected chi connectivity index (χ0v) is 29.9. The number of halogens is 2. The van der Waals surface area contributed by atoms with Gasteiger partial charge in [-0.25, -0.2) is 9.59 Å². The third-order valence-corrected chi connectivity index (χ3v) is 10.4. The van der Waals surface area contributed by atoms with Crippen LogP contribution in [0.4, 0.5) is 5.69 Å². The first-order chi connectivity index (χ1) is 24.6. The smallest absolute Gasteiger partial charge is 0.335 e. The lowest BCUT2D eigenvalue weighted by Gasteiger charge is -2.44. The number of nitrogens with zero attached hydrogens (tertiary/aromatic N) is 2. The molecule has 2 N–H and O–H groups in total. The van der Waals surface area contributed by atoms with Gasteiger partial charge in [0.05, 0.1) is 26.9 Å². The summed E-state index contributed by atoms with van der Waals surface area (Å²) in [4.78, 5) is 29.2. The number of aromatic nitrogens is 1. The second kappa shape index (κ2) is 15.7. The molecular formula is C38H39Cl2N3O8. The van der Waals surface area contributed by atoms with Crippen LogP contribution in [0.1, 0.15) is 57.4 Å². The molecule has 3 aliphatic heterocycles. The molecular weight excluding hydrogens is 697 g/mol. The number of piperidine rings is 3. The summed E-state index contributed by atoms with van der Waals surface area (Å²) in [7, 11) is 4.59. The summed E-state index contributed by atoms with van der Waals surface area (Å²) < 4.78 is 23.2. The Morgan fingerprint density at radius 3 is 2.29 bits per heavy atom. The lowest BCUT2D eigenvalue weighted by Crippen LogP contribution is -2.52. The maximum atomic E-state index is 14.1. The molecule has 0 aliphatic carbocycles. The van der Waals surface area contributed by atoms with Crippen molar-refractivity contribution in [3.05, 3.63) is 116 Å². The van der Waals surface area contributed by atoms with Gasteiger partial charge in [0, 0.05) is 23.7 Å². The molecule has 2 bridgehead atoms. The number of nitrogens with one attached hydrogen (secondary N) is 1. The third-order valence-electron chi connectivity index (χ3n) is 9.77. The minimum Gasteiger partial charge on any atom is -0.619 e. The van der Waals surface area contributed by atoms with E-state index in [1.807, 2.05) is 6.07 Å². The molecule has 0 saturated carbocycles. The fourth-order valence-electron chi connectivity index (χ4n) is 7.07. The van der Waals surface area contributed by atoms with Gasteiger partial charge in [0.2, 0.25) is 0 Å². The van der Waals surface area contributed by atoms with E-state index in [-0.39, 0.29) is 28.1 Å². The summed E-state index contributed by atoms with van der Waals surface area (Å²) in [5.74, 6) is -0.471. The van der Waals surface area contributed by atoms with Crippen molar-refractivity contribution in [2.24, 2.45) is 5.92 Å². The highest BCUT2D eigenvalue weighted by Gasteiger charge is 2.38. The average Bonchev–Trinajstić information content (AvgIpc) is 3.13. The lowest BCUT2D eigenvalue weighted by atomic mass is 9.83. The van der Waals surface area contributed by atoms with Crippen LogP contribution in [-0.2, 0) is 16.0 Å². The monoisotopic (exact) mass is 735 g/mol. The highest BCUT2D eigenvalue weighted by Crippen LogP contribution is 2.40. The van der Waals surface area contributed by atoms with Crippen LogP contribution in [0.5, 0.6) is 17.2 Å². The number of ether oxygens (including phenoxy) is 4. The second-order valence-corrected chi connectivity index (χ2v) is 13.6. The Hall–Kier alpha value is -4.71. The van der Waals surface area contributed by atoms with Crippen LogP contribution >= 0.6 is 23.2 Å². The molecule has 3 aliphatic rings. The van der Waals surface area contributed by atoms with Crippen LogP contribution in [0.25, 0.3) is 0 Å².